The first-order valence-corrected chi connectivity index (χ1v) is 6.35. The van der Waals surface area contributed by atoms with Crippen LogP contribution in [-0.2, 0) is 11.2 Å². The lowest BCUT2D eigenvalue weighted by Crippen LogP contribution is -2.47. The largest absolute Gasteiger partial charge is 0.481 e. The fraction of sp³-hybridized carbons (Fsp3) is 0.267. The molecule has 2 aromatic rings. The average Bonchev–Trinajstić information content (AvgIpc) is 2.44. The summed E-state index contributed by atoms with van der Waals surface area (Å²) in [6.45, 7) is 0. The summed E-state index contributed by atoms with van der Waals surface area (Å²) < 4.78 is 44.3. The van der Waals surface area contributed by atoms with E-state index < -0.39 is 24.2 Å². The van der Waals surface area contributed by atoms with E-state index in [9.17, 15) is 18.0 Å². The molecule has 1 aliphatic rings. The number of aliphatic carboxylic acids is 1. The third-order valence-electron chi connectivity index (χ3n) is 3.65. The standard InChI is InChI=1S/C15H11F3O3/c16-15(17,18)13-11(14(19)20)7-9-6-5-8-3-1-2-4-10(8)12(9)21-13/h1-6,11,13H,7H2,(H,19,20). The predicted molar refractivity (Wildman–Crippen MR) is 69.2 cm³/mol. The monoisotopic (exact) mass is 296 g/mol. The smallest absolute Gasteiger partial charge is 0.426 e. The fourth-order valence-electron chi connectivity index (χ4n) is 2.65. The molecular formula is C15H11F3O3. The maximum atomic E-state index is 13.1. The molecule has 6 heteroatoms. The average molecular weight is 296 g/mol. The zero-order valence-electron chi connectivity index (χ0n) is 10.7. The van der Waals surface area contributed by atoms with Gasteiger partial charge in [0.1, 0.15) is 11.7 Å². The molecule has 3 nitrogen and oxygen atoms in total. The Kier molecular flexibility index (Phi) is 3.04. The Bertz CT molecular complexity index is 709. The SMILES string of the molecule is O=C(O)C1Cc2ccc3ccccc3c2OC1C(F)(F)F. The third-order valence-corrected chi connectivity index (χ3v) is 3.65. The highest BCUT2D eigenvalue weighted by atomic mass is 19.4. The number of carboxylic acids is 1. The number of benzene rings is 2. The Balaban J connectivity index is 2.15. The van der Waals surface area contributed by atoms with Gasteiger partial charge in [0.05, 0.1) is 0 Å². The Morgan fingerprint density at radius 1 is 1.19 bits per heavy atom. The van der Waals surface area contributed by atoms with Gasteiger partial charge in [0.15, 0.2) is 0 Å². The molecule has 0 radical (unpaired) electrons. The number of rotatable bonds is 1. The third kappa shape index (κ3) is 2.30. The summed E-state index contributed by atoms with van der Waals surface area (Å²) in [6, 6.07) is 10.3. The van der Waals surface area contributed by atoms with Gasteiger partial charge < -0.3 is 9.84 Å². The van der Waals surface area contributed by atoms with Gasteiger partial charge in [-0.2, -0.15) is 13.2 Å². The van der Waals surface area contributed by atoms with E-state index in [1.807, 2.05) is 0 Å². The minimum atomic E-state index is -4.72. The van der Waals surface area contributed by atoms with Crippen LogP contribution in [0.5, 0.6) is 5.75 Å². The normalized spacial score (nSPS) is 21.7. The minimum Gasteiger partial charge on any atom is -0.481 e. The second-order valence-corrected chi connectivity index (χ2v) is 5.00. The topological polar surface area (TPSA) is 46.5 Å². The second-order valence-electron chi connectivity index (χ2n) is 5.00. The number of halogens is 3. The van der Waals surface area contributed by atoms with Gasteiger partial charge in [0.2, 0.25) is 6.10 Å². The van der Waals surface area contributed by atoms with Gasteiger partial charge >= 0.3 is 12.1 Å². The molecule has 1 N–H and O–H groups in total. The van der Waals surface area contributed by atoms with E-state index in [1.54, 1.807) is 36.4 Å². The Hall–Kier alpha value is -2.24. The highest BCUT2D eigenvalue weighted by molar-refractivity contribution is 5.90. The molecule has 0 saturated carbocycles. The first-order chi connectivity index (χ1) is 9.88. The molecule has 2 atom stereocenters. The first kappa shape index (κ1) is 13.7. The Labute approximate surface area is 117 Å². The molecule has 0 aromatic heterocycles. The molecule has 0 fully saturated rings. The van der Waals surface area contributed by atoms with Crippen molar-refractivity contribution in [3.63, 3.8) is 0 Å². The molecule has 0 aliphatic carbocycles. The number of carboxylic acid groups (broad SMARTS) is 1. The molecule has 0 bridgehead atoms. The van der Waals surface area contributed by atoms with E-state index in [1.165, 1.54) is 0 Å². The van der Waals surface area contributed by atoms with Gasteiger partial charge in [-0.3, -0.25) is 4.79 Å². The quantitative estimate of drug-likeness (QED) is 0.877. The molecule has 0 spiro atoms. The van der Waals surface area contributed by atoms with Gasteiger partial charge in [-0.25, -0.2) is 0 Å². The van der Waals surface area contributed by atoms with Crippen LogP contribution in [0.25, 0.3) is 10.8 Å². The molecule has 0 amide bonds. The minimum absolute atomic E-state index is 0.132. The summed E-state index contributed by atoms with van der Waals surface area (Å²) in [5.41, 5.74) is 0.488. The van der Waals surface area contributed by atoms with Crippen LogP contribution in [0.4, 0.5) is 13.2 Å². The van der Waals surface area contributed by atoms with Crippen molar-refractivity contribution in [3.8, 4) is 5.75 Å². The summed E-state index contributed by atoms with van der Waals surface area (Å²) >= 11 is 0. The van der Waals surface area contributed by atoms with Crippen LogP contribution >= 0.6 is 0 Å². The van der Waals surface area contributed by atoms with Crippen molar-refractivity contribution in [1.29, 1.82) is 0 Å². The maximum absolute atomic E-state index is 13.1. The van der Waals surface area contributed by atoms with Crippen LogP contribution < -0.4 is 4.74 Å². The van der Waals surface area contributed by atoms with Crippen molar-refractivity contribution in [1.82, 2.24) is 0 Å². The fourth-order valence-corrected chi connectivity index (χ4v) is 2.65. The molecule has 110 valence electrons. The highest BCUT2D eigenvalue weighted by Crippen LogP contribution is 2.41. The molecule has 21 heavy (non-hydrogen) atoms. The van der Waals surface area contributed by atoms with Crippen molar-refractivity contribution in [2.45, 2.75) is 18.7 Å². The summed E-state index contributed by atoms with van der Waals surface area (Å²) in [7, 11) is 0. The maximum Gasteiger partial charge on any atom is 0.426 e. The highest BCUT2D eigenvalue weighted by Gasteiger charge is 2.52. The lowest BCUT2D eigenvalue weighted by atomic mass is 9.88. The molecule has 1 heterocycles. The van der Waals surface area contributed by atoms with E-state index in [2.05, 4.69) is 0 Å². The number of fused-ring (bicyclic) bond motifs is 3. The predicted octanol–water partition coefficient (Wildman–Crippen LogP) is 3.41. The van der Waals surface area contributed by atoms with Crippen molar-refractivity contribution in [2.75, 3.05) is 0 Å². The van der Waals surface area contributed by atoms with E-state index in [-0.39, 0.29) is 12.2 Å². The summed E-state index contributed by atoms with van der Waals surface area (Å²) in [5, 5.41) is 10.3. The number of ether oxygens (including phenoxy) is 1. The summed E-state index contributed by atoms with van der Waals surface area (Å²) in [6.07, 6.45) is -7.24. The van der Waals surface area contributed by atoms with Crippen LogP contribution in [0.3, 0.4) is 0 Å². The van der Waals surface area contributed by atoms with E-state index in [4.69, 9.17) is 9.84 Å². The van der Waals surface area contributed by atoms with Crippen LogP contribution in [0.2, 0.25) is 0 Å². The van der Waals surface area contributed by atoms with Gasteiger partial charge in [-0.05, 0) is 17.4 Å². The number of hydrogen-bond donors (Lipinski definition) is 1. The van der Waals surface area contributed by atoms with Gasteiger partial charge in [0, 0.05) is 5.39 Å². The number of hydrogen-bond acceptors (Lipinski definition) is 2. The van der Waals surface area contributed by atoms with Crippen molar-refractivity contribution >= 4 is 16.7 Å². The van der Waals surface area contributed by atoms with E-state index in [0.29, 0.717) is 10.9 Å². The molecule has 2 unspecified atom stereocenters. The molecule has 0 saturated heterocycles. The van der Waals surface area contributed by atoms with Crippen LogP contribution in [0, 0.1) is 5.92 Å². The Morgan fingerprint density at radius 3 is 2.57 bits per heavy atom. The summed E-state index contributed by atoms with van der Waals surface area (Å²) in [5.74, 6) is -3.00. The van der Waals surface area contributed by atoms with E-state index >= 15 is 0 Å². The first-order valence-electron chi connectivity index (χ1n) is 6.35. The zero-order valence-corrected chi connectivity index (χ0v) is 10.7. The molecular weight excluding hydrogens is 285 g/mol. The van der Waals surface area contributed by atoms with Crippen LogP contribution in [-0.4, -0.2) is 23.4 Å². The van der Waals surface area contributed by atoms with Crippen LogP contribution in [0.15, 0.2) is 36.4 Å². The molecule has 3 rings (SSSR count). The molecule has 2 aromatic carbocycles. The Morgan fingerprint density at radius 2 is 1.90 bits per heavy atom. The zero-order chi connectivity index (χ0) is 15.2. The van der Waals surface area contributed by atoms with Crippen molar-refractivity contribution in [3.05, 3.63) is 42.0 Å². The second kappa shape index (κ2) is 4.65. The lowest BCUT2D eigenvalue weighted by Gasteiger charge is -2.33. The number of alkyl halides is 3. The molecule has 1 aliphatic heterocycles. The van der Waals surface area contributed by atoms with Gasteiger partial charge in [-0.1, -0.05) is 36.4 Å². The van der Waals surface area contributed by atoms with Crippen molar-refractivity contribution < 1.29 is 27.8 Å². The summed E-state index contributed by atoms with van der Waals surface area (Å²) in [4.78, 5) is 11.1. The van der Waals surface area contributed by atoms with Gasteiger partial charge in [-0.15, -0.1) is 0 Å². The van der Waals surface area contributed by atoms with Gasteiger partial charge in [0.25, 0.3) is 0 Å². The van der Waals surface area contributed by atoms with Crippen LogP contribution in [0.1, 0.15) is 5.56 Å². The van der Waals surface area contributed by atoms with Crippen molar-refractivity contribution in [2.24, 2.45) is 5.92 Å². The number of carbonyl (C=O) groups is 1. The van der Waals surface area contributed by atoms with E-state index in [0.717, 1.165) is 5.39 Å². The lowest BCUT2D eigenvalue weighted by molar-refractivity contribution is -0.217.